The lowest BCUT2D eigenvalue weighted by Gasteiger charge is -2.12. The summed E-state index contributed by atoms with van der Waals surface area (Å²) < 4.78 is 0. The van der Waals surface area contributed by atoms with Crippen LogP contribution >= 0.6 is 23.8 Å². The molecule has 0 aliphatic rings. The summed E-state index contributed by atoms with van der Waals surface area (Å²) in [6.45, 7) is 1.98. The van der Waals surface area contributed by atoms with Crippen molar-refractivity contribution in [3.05, 3.63) is 58.6 Å². The monoisotopic (exact) mass is 319 g/mol. The molecule has 0 heterocycles. The molecule has 0 spiro atoms. The Morgan fingerprint density at radius 2 is 1.81 bits per heavy atom. The molecular weight excluding hydrogens is 306 g/mol. The van der Waals surface area contributed by atoms with Crippen LogP contribution in [0.1, 0.15) is 11.1 Å². The van der Waals surface area contributed by atoms with Crippen molar-refractivity contribution in [2.45, 2.75) is 6.92 Å². The zero-order valence-electron chi connectivity index (χ0n) is 11.3. The van der Waals surface area contributed by atoms with Gasteiger partial charge in [-0.05, 0) is 37.3 Å². The first-order valence-corrected chi connectivity index (χ1v) is 6.98. The molecule has 0 fully saturated rings. The second kappa shape index (κ2) is 6.56. The van der Waals surface area contributed by atoms with Gasteiger partial charge in [-0.2, -0.15) is 0 Å². The highest BCUT2D eigenvalue weighted by Gasteiger charge is 2.09. The van der Waals surface area contributed by atoms with Crippen molar-refractivity contribution in [3.63, 3.8) is 0 Å². The van der Waals surface area contributed by atoms with Crippen LogP contribution in [0.5, 0.6) is 0 Å². The van der Waals surface area contributed by atoms with Crippen molar-refractivity contribution in [2.24, 2.45) is 5.73 Å². The fourth-order valence-corrected chi connectivity index (χ4v) is 2.11. The van der Waals surface area contributed by atoms with E-state index < -0.39 is 6.03 Å². The second-order valence-electron chi connectivity index (χ2n) is 4.50. The van der Waals surface area contributed by atoms with E-state index in [1.807, 2.05) is 31.2 Å². The van der Waals surface area contributed by atoms with Crippen molar-refractivity contribution in [1.29, 1.82) is 0 Å². The summed E-state index contributed by atoms with van der Waals surface area (Å²) in [4.78, 5) is 12.2. The Labute approximate surface area is 133 Å². The maximum absolute atomic E-state index is 12.0. The molecule has 2 amide bonds. The molecule has 0 aliphatic heterocycles. The van der Waals surface area contributed by atoms with Gasteiger partial charge in [0.2, 0.25) is 0 Å². The highest BCUT2D eigenvalue weighted by Crippen LogP contribution is 2.21. The third-order valence-electron chi connectivity index (χ3n) is 2.80. The highest BCUT2D eigenvalue weighted by molar-refractivity contribution is 7.80. The lowest BCUT2D eigenvalue weighted by Crippen LogP contribution is -2.22. The lowest BCUT2D eigenvalue weighted by molar-refractivity contribution is 0.262. The minimum atomic E-state index is -0.390. The zero-order valence-corrected chi connectivity index (χ0v) is 12.9. The van der Waals surface area contributed by atoms with E-state index in [1.165, 1.54) is 0 Å². The number of anilines is 2. The van der Waals surface area contributed by atoms with Crippen molar-refractivity contribution in [1.82, 2.24) is 0 Å². The normalized spacial score (nSPS) is 10.0. The number of halogens is 1. The van der Waals surface area contributed by atoms with Crippen LogP contribution in [0.15, 0.2) is 42.5 Å². The molecule has 4 nitrogen and oxygen atoms in total. The number of nitrogens with one attached hydrogen (secondary N) is 2. The number of hydrogen-bond acceptors (Lipinski definition) is 2. The molecule has 0 radical (unpaired) electrons. The third kappa shape index (κ3) is 4.18. The number of aryl methyl sites for hydroxylation is 1. The molecular formula is C15H14ClN3OS. The first kappa shape index (κ1) is 15.3. The zero-order chi connectivity index (χ0) is 15.4. The summed E-state index contributed by atoms with van der Waals surface area (Å²) >= 11 is 10.9. The van der Waals surface area contributed by atoms with Crippen molar-refractivity contribution in [2.75, 3.05) is 10.6 Å². The van der Waals surface area contributed by atoms with Gasteiger partial charge in [0.15, 0.2) is 0 Å². The number of carbonyl (C=O) groups is 1. The Hall–Kier alpha value is -2.11. The highest BCUT2D eigenvalue weighted by atomic mass is 35.5. The van der Waals surface area contributed by atoms with Crippen LogP contribution in [0.2, 0.25) is 5.02 Å². The third-order valence-corrected chi connectivity index (χ3v) is 3.26. The number of thiocarbonyl (C=S) groups is 1. The first-order chi connectivity index (χ1) is 9.95. The maximum atomic E-state index is 12.0. The minimum absolute atomic E-state index is 0.192. The van der Waals surface area contributed by atoms with Gasteiger partial charge >= 0.3 is 6.03 Å². The Morgan fingerprint density at radius 1 is 1.14 bits per heavy atom. The summed E-state index contributed by atoms with van der Waals surface area (Å²) in [5.41, 5.74) is 8.47. The number of benzene rings is 2. The average molecular weight is 320 g/mol. The molecule has 2 rings (SSSR count). The van der Waals surface area contributed by atoms with Gasteiger partial charge in [-0.25, -0.2) is 4.79 Å². The first-order valence-electron chi connectivity index (χ1n) is 6.20. The van der Waals surface area contributed by atoms with E-state index in [0.717, 1.165) is 5.56 Å². The molecule has 0 unspecified atom stereocenters. The van der Waals surface area contributed by atoms with E-state index in [4.69, 9.17) is 29.6 Å². The van der Waals surface area contributed by atoms with Crippen LogP contribution in [0.3, 0.4) is 0 Å². The number of rotatable bonds is 3. The largest absolute Gasteiger partial charge is 0.389 e. The summed E-state index contributed by atoms with van der Waals surface area (Å²) in [5, 5.41) is 5.91. The van der Waals surface area contributed by atoms with Gasteiger partial charge < -0.3 is 16.4 Å². The molecule has 6 heteroatoms. The fraction of sp³-hybridized carbons (Fsp3) is 0.0667. The number of amides is 2. The molecule has 2 aromatic carbocycles. The van der Waals surface area contributed by atoms with Crippen LogP contribution in [0, 0.1) is 6.92 Å². The average Bonchev–Trinajstić information content (AvgIpc) is 2.41. The van der Waals surface area contributed by atoms with Crippen LogP contribution < -0.4 is 16.4 Å². The van der Waals surface area contributed by atoms with Gasteiger partial charge in [0.05, 0.1) is 5.69 Å². The van der Waals surface area contributed by atoms with E-state index in [-0.39, 0.29) is 4.99 Å². The molecule has 21 heavy (non-hydrogen) atoms. The van der Waals surface area contributed by atoms with E-state index in [0.29, 0.717) is 22.0 Å². The van der Waals surface area contributed by atoms with Crippen molar-refractivity contribution in [3.8, 4) is 0 Å². The van der Waals surface area contributed by atoms with Crippen LogP contribution in [0.25, 0.3) is 0 Å². The van der Waals surface area contributed by atoms with E-state index in [1.54, 1.807) is 18.2 Å². The van der Waals surface area contributed by atoms with E-state index >= 15 is 0 Å². The van der Waals surface area contributed by atoms with Gasteiger partial charge in [0, 0.05) is 16.3 Å². The number of nitrogens with two attached hydrogens (primary N) is 1. The molecule has 0 aromatic heterocycles. The summed E-state index contributed by atoms with van der Waals surface area (Å²) in [6, 6.07) is 12.0. The summed E-state index contributed by atoms with van der Waals surface area (Å²) in [5.74, 6) is 0. The SMILES string of the molecule is Cc1ccc(NC(=O)Nc2cc(Cl)ccc2C(N)=S)cc1. The quantitative estimate of drug-likeness (QED) is 0.751. The predicted molar refractivity (Wildman–Crippen MR) is 91.2 cm³/mol. The fourth-order valence-electron chi connectivity index (χ4n) is 1.76. The number of urea groups is 1. The lowest BCUT2D eigenvalue weighted by atomic mass is 10.2. The summed E-state index contributed by atoms with van der Waals surface area (Å²) in [6.07, 6.45) is 0. The standard InChI is InChI=1S/C15H14ClN3OS/c1-9-2-5-11(6-3-9)18-15(20)19-13-8-10(16)4-7-12(13)14(17)21/h2-8H,1H3,(H2,17,21)(H2,18,19,20). The topological polar surface area (TPSA) is 67.2 Å². The molecule has 0 bridgehead atoms. The van der Waals surface area contributed by atoms with Crippen LogP contribution in [0.4, 0.5) is 16.2 Å². The van der Waals surface area contributed by atoms with Crippen molar-refractivity contribution >= 4 is 46.2 Å². The van der Waals surface area contributed by atoms with Gasteiger partial charge in [0.25, 0.3) is 0 Å². The molecule has 108 valence electrons. The van der Waals surface area contributed by atoms with Gasteiger partial charge in [-0.1, -0.05) is 41.5 Å². The Bertz CT molecular complexity index is 686. The Balaban J connectivity index is 2.14. The van der Waals surface area contributed by atoms with Crippen LogP contribution in [-0.4, -0.2) is 11.0 Å². The number of hydrogen-bond donors (Lipinski definition) is 3. The molecule has 4 N–H and O–H groups in total. The van der Waals surface area contributed by atoms with Gasteiger partial charge in [-0.15, -0.1) is 0 Å². The second-order valence-corrected chi connectivity index (χ2v) is 5.38. The predicted octanol–water partition coefficient (Wildman–Crippen LogP) is 3.93. The molecule has 0 atom stereocenters. The van der Waals surface area contributed by atoms with Gasteiger partial charge in [-0.3, -0.25) is 0 Å². The van der Waals surface area contributed by atoms with E-state index in [2.05, 4.69) is 10.6 Å². The van der Waals surface area contributed by atoms with Crippen LogP contribution in [-0.2, 0) is 0 Å². The van der Waals surface area contributed by atoms with Gasteiger partial charge in [0.1, 0.15) is 4.99 Å². The smallest absolute Gasteiger partial charge is 0.323 e. The molecule has 2 aromatic rings. The van der Waals surface area contributed by atoms with E-state index in [9.17, 15) is 4.79 Å². The number of carbonyl (C=O) groups excluding carboxylic acids is 1. The Morgan fingerprint density at radius 3 is 2.43 bits per heavy atom. The maximum Gasteiger partial charge on any atom is 0.323 e. The molecule has 0 saturated carbocycles. The minimum Gasteiger partial charge on any atom is -0.389 e. The molecule has 0 aliphatic carbocycles. The Kier molecular flexibility index (Phi) is 4.77. The van der Waals surface area contributed by atoms with Crippen molar-refractivity contribution < 1.29 is 4.79 Å². The molecule has 0 saturated heterocycles. The summed E-state index contributed by atoms with van der Waals surface area (Å²) in [7, 11) is 0.